The Morgan fingerprint density at radius 3 is 2.10 bits per heavy atom. The number of hydrogen-bond acceptors (Lipinski definition) is 16. The number of ether oxygens (including phenoxy) is 4. The number of phenolic OH excluding ortho intramolecular Hbond substituents is 3. The summed E-state index contributed by atoms with van der Waals surface area (Å²) >= 11 is 0. The summed E-state index contributed by atoms with van der Waals surface area (Å²) in [6.45, 7) is -1.32. The maximum absolute atomic E-state index is 13.3. The first kappa shape index (κ1) is 29.8. The molecule has 0 spiro atoms. The van der Waals surface area contributed by atoms with Crippen molar-refractivity contribution in [1.82, 2.24) is 0 Å². The number of aliphatic hydroxyl groups is 7. The first-order valence-corrected chi connectivity index (χ1v) is 12.6. The van der Waals surface area contributed by atoms with Crippen LogP contribution in [0.25, 0.3) is 22.3 Å². The normalized spacial score (nSPS) is 31.6. The zero-order chi connectivity index (χ0) is 30.5. The van der Waals surface area contributed by atoms with Crippen molar-refractivity contribution in [2.45, 2.75) is 55.3 Å². The van der Waals surface area contributed by atoms with E-state index in [9.17, 15) is 55.9 Å². The molecule has 3 heterocycles. The molecule has 2 saturated heterocycles. The molecule has 228 valence electrons. The van der Waals surface area contributed by atoms with Crippen molar-refractivity contribution in [3.63, 3.8) is 0 Å². The summed E-state index contributed by atoms with van der Waals surface area (Å²) in [5.41, 5.74) is -1.23. The van der Waals surface area contributed by atoms with Gasteiger partial charge in [0.2, 0.25) is 29.8 Å². The Morgan fingerprint density at radius 1 is 0.786 bits per heavy atom. The number of rotatable bonds is 6. The van der Waals surface area contributed by atoms with Crippen LogP contribution in [0.5, 0.6) is 28.7 Å². The molecule has 3 aromatic rings. The summed E-state index contributed by atoms with van der Waals surface area (Å²) in [5, 5.41) is 102. The minimum absolute atomic E-state index is 0.0876. The van der Waals surface area contributed by atoms with Gasteiger partial charge in [0.15, 0.2) is 16.8 Å². The predicted octanol–water partition coefficient (Wildman–Crippen LogP) is -2.43. The number of hydrogen-bond donors (Lipinski definition) is 10. The number of phenols is 3. The fraction of sp³-hybridized carbons (Fsp3) is 0.423. The van der Waals surface area contributed by atoms with Crippen molar-refractivity contribution < 1.29 is 74.4 Å². The Hall–Kier alpha value is -3.71. The molecule has 2 aliphatic heterocycles. The molecular formula is C26H28O16. The molecule has 9 atom stereocenters. The van der Waals surface area contributed by atoms with E-state index in [1.807, 2.05) is 0 Å². The summed E-state index contributed by atoms with van der Waals surface area (Å²) in [7, 11) is 0. The molecule has 0 aliphatic carbocycles. The topological polar surface area (TPSA) is 269 Å². The Morgan fingerprint density at radius 2 is 1.43 bits per heavy atom. The van der Waals surface area contributed by atoms with Gasteiger partial charge < -0.3 is 74.4 Å². The third-order valence-electron chi connectivity index (χ3n) is 6.96. The molecule has 2 fully saturated rings. The summed E-state index contributed by atoms with van der Waals surface area (Å²) in [6, 6.07) is 6.38. The molecule has 16 heteroatoms. The van der Waals surface area contributed by atoms with Gasteiger partial charge in [-0.25, -0.2) is 0 Å². The smallest absolute Gasteiger partial charge is 0.229 e. The molecule has 42 heavy (non-hydrogen) atoms. The van der Waals surface area contributed by atoms with E-state index < -0.39 is 108 Å². The second kappa shape index (κ2) is 11.5. The van der Waals surface area contributed by atoms with Crippen LogP contribution in [0.1, 0.15) is 0 Å². The lowest BCUT2D eigenvalue weighted by atomic mass is 9.99. The molecular weight excluding hydrogens is 568 g/mol. The van der Waals surface area contributed by atoms with Crippen molar-refractivity contribution in [2.24, 2.45) is 0 Å². The third kappa shape index (κ3) is 5.19. The van der Waals surface area contributed by atoms with Gasteiger partial charge in [0.1, 0.15) is 59.6 Å². The fourth-order valence-electron chi connectivity index (χ4n) is 4.58. The van der Waals surface area contributed by atoms with Crippen LogP contribution in [0.4, 0.5) is 0 Å². The first-order chi connectivity index (χ1) is 19.9. The van der Waals surface area contributed by atoms with E-state index in [0.29, 0.717) is 0 Å². The van der Waals surface area contributed by atoms with Gasteiger partial charge >= 0.3 is 0 Å². The van der Waals surface area contributed by atoms with Gasteiger partial charge in [-0.3, -0.25) is 4.79 Å². The zero-order valence-corrected chi connectivity index (χ0v) is 21.4. The van der Waals surface area contributed by atoms with E-state index >= 15 is 0 Å². The number of aromatic hydroxyl groups is 3. The van der Waals surface area contributed by atoms with Crippen LogP contribution in [0, 0.1) is 0 Å². The predicted molar refractivity (Wildman–Crippen MR) is 136 cm³/mol. The summed E-state index contributed by atoms with van der Waals surface area (Å²) < 4.78 is 27.3. The Kier molecular flexibility index (Phi) is 8.17. The van der Waals surface area contributed by atoms with Crippen molar-refractivity contribution >= 4 is 11.0 Å². The Labute approximate surface area is 235 Å². The highest BCUT2D eigenvalue weighted by molar-refractivity contribution is 5.95. The van der Waals surface area contributed by atoms with Crippen LogP contribution in [0.3, 0.4) is 0 Å². The largest absolute Gasteiger partial charge is 0.508 e. The van der Waals surface area contributed by atoms with Gasteiger partial charge in [0.05, 0.1) is 13.2 Å². The van der Waals surface area contributed by atoms with Gasteiger partial charge in [-0.05, 0) is 24.3 Å². The molecule has 2 aromatic carbocycles. The second-order valence-electron chi connectivity index (χ2n) is 9.76. The maximum atomic E-state index is 13.3. The van der Waals surface area contributed by atoms with Gasteiger partial charge in [0, 0.05) is 11.6 Å². The lowest BCUT2D eigenvalue weighted by Gasteiger charge is -2.39. The molecule has 0 unspecified atom stereocenters. The number of benzene rings is 2. The van der Waals surface area contributed by atoms with E-state index in [-0.39, 0.29) is 17.1 Å². The standard InChI is InChI=1S/C26H28O16/c27-6-13-16(32)18(34)20(36)26(40-13)42-24-21(37)23(41-25-19(35)15(31)11(30)7-38-25)17(33)14-10(29)5-12(39-22(14)24)8-1-3-9(28)4-2-8/h1-5,11,13,15-16,18-20,25-28,30-37H,6-7H2/t11-,13+,15-,16+,18-,19+,20+,25+,26-/m0/s1. The van der Waals surface area contributed by atoms with Crippen LogP contribution in [0.15, 0.2) is 39.5 Å². The van der Waals surface area contributed by atoms with E-state index in [4.69, 9.17) is 23.4 Å². The molecule has 0 saturated carbocycles. The van der Waals surface area contributed by atoms with Crippen molar-refractivity contribution in [2.75, 3.05) is 13.2 Å². The van der Waals surface area contributed by atoms with Crippen LogP contribution in [-0.2, 0) is 9.47 Å². The quantitative estimate of drug-likeness (QED) is 0.142. The fourth-order valence-corrected chi connectivity index (χ4v) is 4.58. The zero-order valence-electron chi connectivity index (χ0n) is 21.4. The van der Waals surface area contributed by atoms with Crippen molar-refractivity contribution in [1.29, 1.82) is 0 Å². The molecule has 0 radical (unpaired) electrons. The van der Waals surface area contributed by atoms with Crippen LogP contribution in [-0.4, -0.2) is 120 Å². The van der Waals surface area contributed by atoms with Crippen molar-refractivity contribution in [3.8, 4) is 40.1 Å². The minimum Gasteiger partial charge on any atom is -0.508 e. The first-order valence-electron chi connectivity index (χ1n) is 12.6. The maximum Gasteiger partial charge on any atom is 0.229 e. The van der Waals surface area contributed by atoms with Gasteiger partial charge in [-0.2, -0.15) is 0 Å². The average molecular weight is 596 g/mol. The molecule has 16 nitrogen and oxygen atoms in total. The van der Waals surface area contributed by atoms with Gasteiger partial charge in [-0.1, -0.05) is 0 Å². The van der Waals surface area contributed by atoms with E-state index in [1.54, 1.807) is 0 Å². The van der Waals surface area contributed by atoms with Crippen LogP contribution in [0.2, 0.25) is 0 Å². The van der Waals surface area contributed by atoms with Gasteiger partial charge in [0.25, 0.3) is 0 Å². The minimum atomic E-state index is -1.97. The van der Waals surface area contributed by atoms with E-state index in [1.165, 1.54) is 24.3 Å². The van der Waals surface area contributed by atoms with Crippen LogP contribution >= 0.6 is 0 Å². The lowest BCUT2D eigenvalue weighted by molar-refractivity contribution is -0.277. The number of fused-ring (bicyclic) bond motifs is 1. The average Bonchev–Trinajstić information content (AvgIpc) is 2.97. The summed E-state index contributed by atoms with van der Waals surface area (Å²) in [5.74, 6) is -3.99. The number of aliphatic hydroxyl groups excluding tert-OH is 7. The molecule has 5 rings (SSSR count). The Balaban J connectivity index is 1.66. The molecule has 2 aliphatic rings. The summed E-state index contributed by atoms with van der Waals surface area (Å²) in [4.78, 5) is 13.3. The lowest BCUT2D eigenvalue weighted by Crippen LogP contribution is -2.60. The monoisotopic (exact) mass is 596 g/mol. The SMILES string of the molecule is O=c1cc(-c2ccc(O)cc2)oc2c(O[C@@H]3O[C@H](CO)[C@@H](O)[C@H](O)[C@H]3O)c(O)c(O[C@H]3OC[C@H](O)[C@H](O)[C@H]3O)c(O)c12. The molecule has 1 aromatic heterocycles. The van der Waals surface area contributed by atoms with Gasteiger partial charge in [-0.15, -0.1) is 0 Å². The molecule has 0 bridgehead atoms. The second-order valence-corrected chi connectivity index (χ2v) is 9.76. The highest BCUT2D eigenvalue weighted by Gasteiger charge is 2.46. The Bertz CT molecular complexity index is 1490. The van der Waals surface area contributed by atoms with Crippen LogP contribution < -0.4 is 14.9 Å². The summed E-state index contributed by atoms with van der Waals surface area (Å²) in [6.07, 6.45) is -15.8. The molecule has 0 amide bonds. The van der Waals surface area contributed by atoms with E-state index in [2.05, 4.69) is 0 Å². The third-order valence-corrected chi connectivity index (χ3v) is 6.96. The highest BCUT2D eigenvalue weighted by Crippen LogP contribution is 2.51. The van der Waals surface area contributed by atoms with E-state index in [0.717, 1.165) is 6.07 Å². The van der Waals surface area contributed by atoms with Crippen molar-refractivity contribution in [3.05, 3.63) is 40.6 Å². The highest BCUT2D eigenvalue weighted by atomic mass is 16.7. The molecule has 10 N–H and O–H groups in total.